The van der Waals surface area contributed by atoms with Crippen molar-refractivity contribution in [2.24, 2.45) is 0 Å². The van der Waals surface area contributed by atoms with E-state index in [1.807, 2.05) is 0 Å². The molecule has 0 saturated heterocycles. The molecule has 0 radical (unpaired) electrons. The Bertz CT molecular complexity index is 2780. The molecule has 10 aromatic rings. The van der Waals surface area contributed by atoms with E-state index in [9.17, 15) is 0 Å². The molecule has 214 valence electrons. The van der Waals surface area contributed by atoms with Crippen molar-refractivity contribution in [2.45, 2.75) is 0 Å². The van der Waals surface area contributed by atoms with Gasteiger partial charge in [-0.05, 0) is 81.9 Å². The van der Waals surface area contributed by atoms with Crippen molar-refractivity contribution in [3.05, 3.63) is 170 Å². The first-order valence-electron chi connectivity index (χ1n) is 15.9. The number of benzene rings is 8. The van der Waals surface area contributed by atoms with Gasteiger partial charge in [0, 0.05) is 38.3 Å². The van der Waals surface area contributed by atoms with Crippen LogP contribution in [0.5, 0.6) is 0 Å². The van der Waals surface area contributed by atoms with Gasteiger partial charge in [-0.25, -0.2) is 0 Å². The number of fused-ring (bicyclic) bond motifs is 10. The predicted molar refractivity (Wildman–Crippen MR) is 196 cm³/mol. The van der Waals surface area contributed by atoms with E-state index >= 15 is 0 Å². The molecule has 0 spiro atoms. The van der Waals surface area contributed by atoms with E-state index in [1.54, 1.807) is 0 Å². The topological polar surface area (TPSA) is 9.86 Å². The second-order valence-corrected chi connectivity index (χ2v) is 12.2. The lowest BCUT2D eigenvalue weighted by Gasteiger charge is -2.11. The molecule has 0 aliphatic rings. The van der Waals surface area contributed by atoms with Gasteiger partial charge >= 0.3 is 0 Å². The molecule has 0 N–H and O–H groups in total. The summed E-state index contributed by atoms with van der Waals surface area (Å²) in [6.45, 7) is 0. The summed E-state index contributed by atoms with van der Waals surface area (Å²) in [5.41, 5.74) is 9.70. The molecule has 0 atom stereocenters. The van der Waals surface area contributed by atoms with Crippen LogP contribution in [0.15, 0.2) is 170 Å². The molecule has 0 unspecified atom stereocenters. The molecular formula is C44H28N2. The summed E-state index contributed by atoms with van der Waals surface area (Å²) in [5, 5.41) is 10.2. The van der Waals surface area contributed by atoms with Crippen LogP contribution in [0.4, 0.5) is 0 Å². The number of aromatic nitrogens is 2. The predicted octanol–water partition coefficient (Wildman–Crippen LogP) is 11.9. The minimum absolute atomic E-state index is 1.17. The lowest BCUT2D eigenvalue weighted by Crippen LogP contribution is -1.94. The SMILES string of the molecule is c1ccc(-n2c3ccccc3c3cc(-c4ccc5c(c4)c4ccc6c7ccccc7ccc6c4n5-c4ccccc4)ccc32)cc1. The molecule has 0 aliphatic carbocycles. The Balaban J connectivity index is 1.24. The third kappa shape index (κ3) is 3.59. The summed E-state index contributed by atoms with van der Waals surface area (Å²) in [7, 11) is 0. The molecule has 2 heteroatoms. The lowest BCUT2D eigenvalue weighted by atomic mass is 9.98. The van der Waals surface area contributed by atoms with Crippen molar-refractivity contribution in [1.29, 1.82) is 0 Å². The monoisotopic (exact) mass is 584 g/mol. The van der Waals surface area contributed by atoms with E-state index < -0.39 is 0 Å². The lowest BCUT2D eigenvalue weighted by molar-refractivity contribution is 1.18. The average molecular weight is 585 g/mol. The molecule has 2 aromatic heterocycles. The van der Waals surface area contributed by atoms with Gasteiger partial charge in [-0.2, -0.15) is 0 Å². The quantitative estimate of drug-likeness (QED) is 0.183. The highest BCUT2D eigenvalue weighted by Crippen LogP contribution is 2.41. The highest BCUT2D eigenvalue weighted by molar-refractivity contribution is 6.23. The summed E-state index contributed by atoms with van der Waals surface area (Å²) < 4.78 is 4.82. The van der Waals surface area contributed by atoms with Crippen molar-refractivity contribution in [1.82, 2.24) is 9.13 Å². The molecular weight excluding hydrogens is 556 g/mol. The molecule has 2 heterocycles. The van der Waals surface area contributed by atoms with Gasteiger partial charge in [0.15, 0.2) is 0 Å². The van der Waals surface area contributed by atoms with E-state index in [4.69, 9.17) is 0 Å². The minimum atomic E-state index is 1.17. The zero-order valence-electron chi connectivity index (χ0n) is 25.1. The molecule has 0 fully saturated rings. The Morgan fingerprint density at radius 2 is 0.783 bits per heavy atom. The molecule has 0 amide bonds. The first-order valence-corrected chi connectivity index (χ1v) is 15.9. The van der Waals surface area contributed by atoms with E-state index in [0.29, 0.717) is 0 Å². The van der Waals surface area contributed by atoms with Crippen LogP contribution >= 0.6 is 0 Å². The van der Waals surface area contributed by atoms with Gasteiger partial charge < -0.3 is 9.13 Å². The summed E-state index contributed by atoms with van der Waals surface area (Å²) >= 11 is 0. The van der Waals surface area contributed by atoms with Gasteiger partial charge in [-0.15, -0.1) is 0 Å². The van der Waals surface area contributed by atoms with Gasteiger partial charge in [0.05, 0.1) is 22.1 Å². The first kappa shape index (κ1) is 25.2. The third-order valence-corrected chi connectivity index (χ3v) is 9.68. The number of rotatable bonds is 3. The molecule has 0 aliphatic heterocycles. The van der Waals surface area contributed by atoms with Crippen LogP contribution in [0.3, 0.4) is 0 Å². The van der Waals surface area contributed by atoms with Crippen molar-refractivity contribution < 1.29 is 0 Å². The smallest absolute Gasteiger partial charge is 0.0619 e. The fraction of sp³-hybridized carbons (Fsp3) is 0. The fourth-order valence-corrected chi connectivity index (χ4v) is 7.63. The molecule has 8 aromatic carbocycles. The van der Waals surface area contributed by atoms with Crippen molar-refractivity contribution in [3.8, 4) is 22.5 Å². The summed E-state index contributed by atoms with van der Waals surface area (Å²) in [4.78, 5) is 0. The zero-order chi connectivity index (χ0) is 30.2. The zero-order valence-corrected chi connectivity index (χ0v) is 25.1. The number of nitrogens with zero attached hydrogens (tertiary/aromatic N) is 2. The van der Waals surface area contributed by atoms with Crippen LogP contribution < -0.4 is 0 Å². The van der Waals surface area contributed by atoms with E-state index in [0.717, 1.165) is 0 Å². The minimum Gasteiger partial charge on any atom is -0.309 e. The molecule has 2 nitrogen and oxygen atoms in total. The largest absolute Gasteiger partial charge is 0.309 e. The molecule has 0 bridgehead atoms. The fourth-order valence-electron chi connectivity index (χ4n) is 7.63. The Hall–Kier alpha value is -6.12. The average Bonchev–Trinajstić information content (AvgIpc) is 3.64. The maximum Gasteiger partial charge on any atom is 0.0619 e. The van der Waals surface area contributed by atoms with E-state index in [2.05, 4.69) is 179 Å². The number of hydrogen-bond donors (Lipinski definition) is 0. The van der Waals surface area contributed by atoms with E-state index in [1.165, 1.54) is 87.7 Å². The van der Waals surface area contributed by atoms with E-state index in [-0.39, 0.29) is 0 Å². The van der Waals surface area contributed by atoms with Crippen LogP contribution in [0.2, 0.25) is 0 Å². The van der Waals surface area contributed by atoms with Crippen LogP contribution in [0.25, 0.3) is 87.7 Å². The van der Waals surface area contributed by atoms with Gasteiger partial charge in [-0.1, -0.05) is 115 Å². The van der Waals surface area contributed by atoms with Crippen molar-refractivity contribution in [2.75, 3.05) is 0 Å². The Kier molecular flexibility index (Phi) is 5.31. The van der Waals surface area contributed by atoms with Crippen LogP contribution in [0, 0.1) is 0 Å². The Morgan fingerprint density at radius 1 is 0.283 bits per heavy atom. The standard InChI is InChI=1S/C44H28N2/c1-3-12-32(13-4-1)45-41-18-10-9-17-36(41)39-27-30(20-25-42(39)45)31-21-26-43-40(28-31)38-24-23-35-34-16-8-7-11-29(34)19-22-37(35)44(38)46(43)33-14-5-2-6-15-33/h1-28H. The van der Waals surface area contributed by atoms with Gasteiger partial charge in [0.1, 0.15) is 0 Å². The molecule has 46 heavy (non-hydrogen) atoms. The first-order chi connectivity index (χ1) is 22.8. The maximum atomic E-state index is 2.45. The van der Waals surface area contributed by atoms with Crippen molar-refractivity contribution in [3.63, 3.8) is 0 Å². The highest BCUT2D eigenvalue weighted by Gasteiger charge is 2.18. The van der Waals surface area contributed by atoms with Crippen LogP contribution in [-0.2, 0) is 0 Å². The summed E-state index contributed by atoms with van der Waals surface area (Å²) in [6.07, 6.45) is 0. The third-order valence-electron chi connectivity index (χ3n) is 9.68. The van der Waals surface area contributed by atoms with Crippen molar-refractivity contribution >= 4 is 65.2 Å². The highest BCUT2D eigenvalue weighted by atomic mass is 15.0. The van der Waals surface area contributed by atoms with Gasteiger partial charge in [0.2, 0.25) is 0 Å². The summed E-state index contributed by atoms with van der Waals surface area (Å²) in [5.74, 6) is 0. The van der Waals surface area contributed by atoms with Crippen LogP contribution in [0.1, 0.15) is 0 Å². The molecule has 10 rings (SSSR count). The normalized spacial score (nSPS) is 11.9. The summed E-state index contributed by atoms with van der Waals surface area (Å²) in [6, 6.07) is 62.0. The van der Waals surface area contributed by atoms with Gasteiger partial charge in [0.25, 0.3) is 0 Å². The Morgan fingerprint density at radius 3 is 1.52 bits per heavy atom. The number of hydrogen-bond acceptors (Lipinski definition) is 0. The number of para-hydroxylation sites is 3. The molecule has 0 saturated carbocycles. The second kappa shape index (κ2) is 9.69. The second-order valence-electron chi connectivity index (χ2n) is 12.2. The Labute approximate surface area is 266 Å². The van der Waals surface area contributed by atoms with Gasteiger partial charge in [-0.3, -0.25) is 0 Å². The van der Waals surface area contributed by atoms with Crippen LogP contribution in [-0.4, -0.2) is 9.13 Å². The maximum absolute atomic E-state index is 2.45.